The average Bonchev–Trinajstić information content (AvgIpc) is 2.64. The lowest BCUT2D eigenvalue weighted by Gasteiger charge is -2.15. The second-order valence-electron chi connectivity index (χ2n) is 3.75. The number of hydrogen-bond donors (Lipinski definition) is 2. The molecule has 0 saturated carbocycles. The van der Waals surface area contributed by atoms with Crippen LogP contribution in [0.3, 0.4) is 0 Å². The molecule has 2 atom stereocenters. The van der Waals surface area contributed by atoms with Crippen molar-refractivity contribution < 1.29 is 19.4 Å². The SMILES string of the molecule is CCOC(=O)C(O)C1C(=O)Nc2ccccc21. The van der Waals surface area contributed by atoms with E-state index in [9.17, 15) is 14.7 Å². The van der Waals surface area contributed by atoms with Crippen molar-refractivity contribution in [3.8, 4) is 0 Å². The molecule has 0 spiro atoms. The third-order valence-electron chi connectivity index (χ3n) is 2.68. The number of aliphatic hydroxyl groups excluding tert-OH is 1. The Kier molecular flexibility index (Phi) is 3.10. The number of benzene rings is 1. The van der Waals surface area contributed by atoms with E-state index >= 15 is 0 Å². The lowest BCUT2D eigenvalue weighted by molar-refractivity contribution is -0.155. The number of nitrogens with one attached hydrogen (secondary N) is 1. The van der Waals surface area contributed by atoms with Crippen molar-refractivity contribution in [2.45, 2.75) is 18.9 Å². The Morgan fingerprint density at radius 1 is 1.53 bits per heavy atom. The number of anilines is 1. The highest BCUT2D eigenvalue weighted by Gasteiger charge is 2.40. The molecule has 0 saturated heterocycles. The molecule has 1 amide bonds. The molecule has 90 valence electrons. The molecule has 0 radical (unpaired) electrons. The van der Waals surface area contributed by atoms with Crippen LogP contribution in [0.5, 0.6) is 0 Å². The van der Waals surface area contributed by atoms with E-state index < -0.39 is 18.0 Å². The number of aliphatic hydroxyl groups is 1. The summed E-state index contributed by atoms with van der Waals surface area (Å²) in [6.07, 6.45) is -1.46. The van der Waals surface area contributed by atoms with Crippen molar-refractivity contribution in [1.82, 2.24) is 0 Å². The van der Waals surface area contributed by atoms with Crippen LogP contribution in [0.1, 0.15) is 18.4 Å². The first kappa shape index (κ1) is 11.6. The van der Waals surface area contributed by atoms with Gasteiger partial charge in [-0.05, 0) is 18.6 Å². The number of esters is 1. The third kappa shape index (κ3) is 2.01. The maximum absolute atomic E-state index is 11.7. The van der Waals surface area contributed by atoms with Gasteiger partial charge in [0.1, 0.15) is 5.92 Å². The molecule has 2 rings (SSSR count). The van der Waals surface area contributed by atoms with E-state index in [0.717, 1.165) is 0 Å². The van der Waals surface area contributed by atoms with Gasteiger partial charge < -0.3 is 15.2 Å². The van der Waals surface area contributed by atoms with E-state index in [-0.39, 0.29) is 12.5 Å². The molecule has 5 heteroatoms. The van der Waals surface area contributed by atoms with Gasteiger partial charge in [-0.2, -0.15) is 0 Å². The molecular formula is C12H13NO4. The lowest BCUT2D eigenvalue weighted by atomic mass is 9.95. The van der Waals surface area contributed by atoms with Crippen LogP contribution < -0.4 is 5.32 Å². The number of ether oxygens (including phenoxy) is 1. The fourth-order valence-electron chi connectivity index (χ4n) is 1.91. The standard InChI is InChI=1S/C12H13NO4/c1-2-17-12(16)10(14)9-7-5-3-4-6-8(7)13-11(9)15/h3-6,9-10,14H,2H2,1H3,(H,13,15). The smallest absolute Gasteiger partial charge is 0.336 e. The maximum atomic E-state index is 11.7. The molecule has 0 aromatic heterocycles. The number of carbonyl (C=O) groups excluding carboxylic acids is 2. The number of para-hydroxylation sites is 1. The first-order valence-corrected chi connectivity index (χ1v) is 5.39. The molecule has 1 aromatic carbocycles. The fraction of sp³-hybridized carbons (Fsp3) is 0.333. The van der Waals surface area contributed by atoms with Gasteiger partial charge in [-0.25, -0.2) is 4.79 Å². The summed E-state index contributed by atoms with van der Waals surface area (Å²) in [5.74, 6) is -2.04. The molecule has 0 aliphatic carbocycles. The zero-order valence-electron chi connectivity index (χ0n) is 9.34. The molecular weight excluding hydrogens is 222 g/mol. The van der Waals surface area contributed by atoms with Crippen LogP contribution in [-0.4, -0.2) is 29.7 Å². The molecule has 2 N–H and O–H groups in total. The Balaban J connectivity index is 2.27. The van der Waals surface area contributed by atoms with E-state index in [2.05, 4.69) is 5.32 Å². The monoisotopic (exact) mass is 235 g/mol. The zero-order chi connectivity index (χ0) is 12.4. The summed E-state index contributed by atoms with van der Waals surface area (Å²) in [6.45, 7) is 1.82. The van der Waals surface area contributed by atoms with Crippen molar-refractivity contribution in [2.75, 3.05) is 11.9 Å². The van der Waals surface area contributed by atoms with Gasteiger partial charge in [0.25, 0.3) is 0 Å². The highest BCUT2D eigenvalue weighted by molar-refractivity contribution is 6.05. The van der Waals surface area contributed by atoms with Crippen molar-refractivity contribution in [3.63, 3.8) is 0 Å². The summed E-state index contributed by atoms with van der Waals surface area (Å²) < 4.78 is 4.71. The van der Waals surface area contributed by atoms with Crippen LogP contribution in [0.25, 0.3) is 0 Å². The minimum Gasteiger partial charge on any atom is -0.464 e. The summed E-state index contributed by atoms with van der Waals surface area (Å²) in [7, 11) is 0. The summed E-state index contributed by atoms with van der Waals surface area (Å²) in [5.41, 5.74) is 1.25. The quantitative estimate of drug-likeness (QED) is 0.754. The summed E-state index contributed by atoms with van der Waals surface area (Å²) in [4.78, 5) is 23.1. The third-order valence-corrected chi connectivity index (χ3v) is 2.68. The highest BCUT2D eigenvalue weighted by atomic mass is 16.5. The van der Waals surface area contributed by atoms with Crippen LogP contribution in [0.15, 0.2) is 24.3 Å². The summed E-state index contributed by atoms with van der Waals surface area (Å²) >= 11 is 0. The number of fused-ring (bicyclic) bond motifs is 1. The molecule has 17 heavy (non-hydrogen) atoms. The fourth-order valence-corrected chi connectivity index (χ4v) is 1.91. The average molecular weight is 235 g/mol. The number of hydrogen-bond acceptors (Lipinski definition) is 4. The molecule has 1 aliphatic heterocycles. The summed E-state index contributed by atoms with van der Waals surface area (Å²) in [5, 5.41) is 12.4. The van der Waals surface area contributed by atoms with Gasteiger partial charge in [-0.1, -0.05) is 18.2 Å². The van der Waals surface area contributed by atoms with Crippen LogP contribution in [-0.2, 0) is 14.3 Å². The van der Waals surface area contributed by atoms with Gasteiger partial charge in [0.2, 0.25) is 5.91 Å². The van der Waals surface area contributed by atoms with E-state index in [4.69, 9.17) is 4.74 Å². The van der Waals surface area contributed by atoms with Gasteiger partial charge in [0.05, 0.1) is 6.61 Å². The molecule has 1 aromatic rings. The van der Waals surface area contributed by atoms with E-state index in [1.165, 1.54) is 0 Å². The molecule has 5 nitrogen and oxygen atoms in total. The predicted octanol–water partition coefficient (Wildman–Crippen LogP) is 0.646. The largest absolute Gasteiger partial charge is 0.464 e. The van der Waals surface area contributed by atoms with Crippen LogP contribution >= 0.6 is 0 Å². The maximum Gasteiger partial charge on any atom is 0.336 e. The van der Waals surface area contributed by atoms with Crippen molar-refractivity contribution >= 4 is 17.6 Å². The molecule has 2 unspecified atom stereocenters. The van der Waals surface area contributed by atoms with Crippen molar-refractivity contribution in [1.29, 1.82) is 0 Å². The molecule has 1 heterocycles. The van der Waals surface area contributed by atoms with Crippen LogP contribution in [0.4, 0.5) is 5.69 Å². The second kappa shape index (κ2) is 4.55. The minimum atomic E-state index is -1.46. The van der Waals surface area contributed by atoms with Crippen molar-refractivity contribution in [3.05, 3.63) is 29.8 Å². The number of carbonyl (C=O) groups is 2. The molecule has 0 fully saturated rings. The molecule has 0 bridgehead atoms. The Bertz CT molecular complexity index is 458. The van der Waals surface area contributed by atoms with Gasteiger partial charge >= 0.3 is 5.97 Å². The topological polar surface area (TPSA) is 75.6 Å². The second-order valence-corrected chi connectivity index (χ2v) is 3.75. The Labute approximate surface area is 98.4 Å². The Morgan fingerprint density at radius 2 is 2.24 bits per heavy atom. The minimum absolute atomic E-state index is 0.172. The predicted molar refractivity (Wildman–Crippen MR) is 60.5 cm³/mol. The Morgan fingerprint density at radius 3 is 2.94 bits per heavy atom. The molecule has 1 aliphatic rings. The number of rotatable bonds is 3. The van der Waals surface area contributed by atoms with Gasteiger partial charge in [0.15, 0.2) is 6.10 Å². The van der Waals surface area contributed by atoms with E-state index in [1.807, 2.05) is 0 Å². The number of amides is 1. The van der Waals surface area contributed by atoms with E-state index in [1.54, 1.807) is 31.2 Å². The first-order chi connectivity index (χ1) is 8.15. The zero-order valence-corrected chi connectivity index (χ0v) is 9.34. The Hall–Kier alpha value is -1.88. The van der Waals surface area contributed by atoms with Gasteiger partial charge in [-0.3, -0.25) is 4.79 Å². The normalized spacial score (nSPS) is 19.4. The highest BCUT2D eigenvalue weighted by Crippen LogP contribution is 2.34. The first-order valence-electron chi connectivity index (χ1n) is 5.39. The lowest BCUT2D eigenvalue weighted by Crippen LogP contribution is -2.33. The van der Waals surface area contributed by atoms with Crippen LogP contribution in [0.2, 0.25) is 0 Å². The summed E-state index contributed by atoms with van der Waals surface area (Å²) in [6, 6.07) is 6.97. The van der Waals surface area contributed by atoms with Crippen LogP contribution in [0, 0.1) is 0 Å². The van der Waals surface area contributed by atoms with Gasteiger partial charge in [0, 0.05) is 5.69 Å². The van der Waals surface area contributed by atoms with Crippen molar-refractivity contribution in [2.24, 2.45) is 0 Å². The van der Waals surface area contributed by atoms with E-state index in [0.29, 0.717) is 11.3 Å². The van der Waals surface area contributed by atoms with Gasteiger partial charge in [-0.15, -0.1) is 0 Å².